The van der Waals surface area contributed by atoms with Gasteiger partial charge in [0.15, 0.2) is 12.1 Å². The van der Waals surface area contributed by atoms with E-state index in [2.05, 4.69) is 6.92 Å². The van der Waals surface area contributed by atoms with E-state index in [0.29, 0.717) is 23.2 Å². The minimum absolute atomic E-state index is 0.0499. The summed E-state index contributed by atoms with van der Waals surface area (Å²) in [6.45, 7) is 3.28. The van der Waals surface area contributed by atoms with E-state index in [4.69, 9.17) is 9.47 Å². The maximum Gasteiger partial charge on any atom is 0.157 e. The minimum Gasteiger partial charge on any atom is -0.353 e. The first-order valence-electron chi connectivity index (χ1n) is 11.7. The van der Waals surface area contributed by atoms with E-state index in [9.17, 15) is 4.79 Å². The first-order chi connectivity index (χ1) is 13.2. The summed E-state index contributed by atoms with van der Waals surface area (Å²) >= 11 is 0. The van der Waals surface area contributed by atoms with Crippen LogP contribution in [0.2, 0.25) is 0 Å². The Kier molecular flexibility index (Phi) is 4.96. The number of ether oxygens (including phenoxy) is 2. The van der Waals surface area contributed by atoms with Crippen LogP contribution in [-0.4, -0.2) is 24.8 Å². The molecule has 0 amide bonds. The first-order valence-corrected chi connectivity index (χ1v) is 11.7. The molecule has 0 aromatic heterocycles. The molecule has 7 atom stereocenters. The molecule has 150 valence electrons. The lowest BCUT2D eigenvalue weighted by atomic mass is 9.51. The molecule has 1 heterocycles. The lowest BCUT2D eigenvalue weighted by molar-refractivity contribution is -0.218. The Morgan fingerprint density at radius 1 is 1.07 bits per heavy atom. The highest BCUT2D eigenvalue weighted by atomic mass is 16.7. The number of ketones is 1. The third kappa shape index (κ3) is 3.04. The van der Waals surface area contributed by atoms with Crippen molar-refractivity contribution in [2.45, 2.75) is 96.4 Å². The van der Waals surface area contributed by atoms with E-state index < -0.39 is 0 Å². The predicted octanol–water partition coefficient (Wildman–Crippen LogP) is 5.43. The molecular formula is C24H36O3. The fourth-order valence-electron chi connectivity index (χ4n) is 7.82. The highest BCUT2D eigenvalue weighted by Crippen LogP contribution is 2.63. The Balaban J connectivity index is 1.35. The summed E-state index contributed by atoms with van der Waals surface area (Å²) in [4.78, 5) is 11.9. The second-order valence-electron chi connectivity index (χ2n) is 9.93. The van der Waals surface area contributed by atoms with Gasteiger partial charge < -0.3 is 9.47 Å². The van der Waals surface area contributed by atoms with Crippen LogP contribution in [0.4, 0.5) is 0 Å². The molecule has 0 bridgehead atoms. The Hall–Kier alpha value is -0.670. The summed E-state index contributed by atoms with van der Waals surface area (Å²) in [5.74, 6) is 3.59. The van der Waals surface area contributed by atoms with Gasteiger partial charge >= 0.3 is 0 Å². The van der Waals surface area contributed by atoms with Crippen LogP contribution < -0.4 is 0 Å². The molecule has 1 aliphatic heterocycles. The van der Waals surface area contributed by atoms with E-state index in [-0.39, 0.29) is 6.29 Å². The second-order valence-corrected chi connectivity index (χ2v) is 9.93. The Labute approximate surface area is 164 Å². The topological polar surface area (TPSA) is 35.5 Å². The molecule has 3 saturated carbocycles. The fourth-order valence-corrected chi connectivity index (χ4v) is 7.82. The van der Waals surface area contributed by atoms with Crippen LogP contribution in [0, 0.1) is 29.1 Å². The molecule has 0 aromatic carbocycles. The third-order valence-corrected chi connectivity index (χ3v) is 9.05. The molecule has 3 nitrogen and oxygen atoms in total. The molecular weight excluding hydrogens is 336 g/mol. The van der Waals surface area contributed by atoms with Gasteiger partial charge in [-0.1, -0.05) is 12.5 Å². The molecule has 1 unspecified atom stereocenters. The zero-order chi connectivity index (χ0) is 18.4. The van der Waals surface area contributed by atoms with Crippen LogP contribution in [0.15, 0.2) is 11.6 Å². The molecule has 27 heavy (non-hydrogen) atoms. The normalized spacial score (nSPS) is 47.0. The Morgan fingerprint density at radius 2 is 2.00 bits per heavy atom. The average molecular weight is 373 g/mol. The highest BCUT2D eigenvalue weighted by molar-refractivity contribution is 5.91. The Morgan fingerprint density at radius 3 is 2.81 bits per heavy atom. The summed E-state index contributed by atoms with van der Waals surface area (Å²) < 4.78 is 12.6. The predicted molar refractivity (Wildman–Crippen MR) is 105 cm³/mol. The van der Waals surface area contributed by atoms with Gasteiger partial charge in [-0.15, -0.1) is 0 Å². The molecule has 0 radical (unpaired) electrons. The first kappa shape index (κ1) is 18.4. The van der Waals surface area contributed by atoms with Crippen LogP contribution in [0.3, 0.4) is 0 Å². The molecule has 5 aliphatic rings. The van der Waals surface area contributed by atoms with Crippen molar-refractivity contribution in [2.75, 3.05) is 6.61 Å². The van der Waals surface area contributed by atoms with Crippen molar-refractivity contribution in [3.05, 3.63) is 11.6 Å². The number of rotatable bonds is 3. The molecule has 3 heteroatoms. The molecule has 4 fully saturated rings. The van der Waals surface area contributed by atoms with Gasteiger partial charge in [-0.3, -0.25) is 4.79 Å². The zero-order valence-electron chi connectivity index (χ0n) is 17.0. The average Bonchev–Trinajstić information content (AvgIpc) is 3.07. The van der Waals surface area contributed by atoms with Gasteiger partial charge in [0.2, 0.25) is 0 Å². The van der Waals surface area contributed by atoms with Crippen LogP contribution >= 0.6 is 0 Å². The standard InChI is InChI=1S/C24H36O3/c1-2-24-13-12-19-18-9-7-17(25)15-16(18)6-8-20(19)21(24)10-11-22(24)27-23-5-3-4-14-26-23/h15,18-23H,2-14H2,1H3/t18-,19+,20+,21-,22-,23?,24-/m0/s1. The van der Waals surface area contributed by atoms with Crippen molar-refractivity contribution in [3.63, 3.8) is 0 Å². The zero-order valence-corrected chi connectivity index (χ0v) is 17.0. The maximum absolute atomic E-state index is 11.9. The number of carbonyl (C=O) groups is 1. The van der Waals surface area contributed by atoms with E-state index >= 15 is 0 Å². The number of carbonyl (C=O) groups excluding carboxylic acids is 1. The monoisotopic (exact) mass is 372 g/mol. The second kappa shape index (κ2) is 7.30. The fraction of sp³-hybridized carbons (Fsp3) is 0.875. The molecule has 5 rings (SSSR count). The highest BCUT2D eigenvalue weighted by Gasteiger charge is 2.58. The third-order valence-electron chi connectivity index (χ3n) is 9.05. The summed E-state index contributed by atoms with van der Waals surface area (Å²) in [6, 6.07) is 0. The van der Waals surface area contributed by atoms with Crippen molar-refractivity contribution >= 4 is 5.78 Å². The lowest BCUT2D eigenvalue weighted by Crippen LogP contribution is -2.50. The van der Waals surface area contributed by atoms with Crippen molar-refractivity contribution in [3.8, 4) is 0 Å². The molecule has 0 aromatic rings. The van der Waals surface area contributed by atoms with Crippen LogP contribution in [0.5, 0.6) is 0 Å². The molecule has 0 N–H and O–H groups in total. The summed E-state index contributed by atoms with van der Waals surface area (Å²) in [7, 11) is 0. The van der Waals surface area contributed by atoms with E-state index in [1.165, 1.54) is 63.4 Å². The van der Waals surface area contributed by atoms with E-state index in [1.807, 2.05) is 6.08 Å². The SMILES string of the molecule is CC[C@]12CC[C@H]3[C@@H](CCC4=CC(=O)CC[C@@H]43)[C@@H]1CC[C@@H]2OC1CCCCO1. The van der Waals surface area contributed by atoms with Gasteiger partial charge in [-0.05, 0) is 106 Å². The quantitative estimate of drug-likeness (QED) is 0.662. The minimum atomic E-state index is 0.0499. The van der Waals surface area contributed by atoms with Gasteiger partial charge in [0.25, 0.3) is 0 Å². The number of allylic oxidation sites excluding steroid dienone is 1. The lowest BCUT2D eigenvalue weighted by Gasteiger charge is -2.55. The molecule has 0 spiro atoms. The number of hydrogen-bond acceptors (Lipinski definition) is 3. The van der Waals surface area contributed by atoms with Crippen LogP contribution in [0.1, 0.15) is 84.0 Å². The summed E-state index contributed by atoms with van der Waals surface area (Å²) in [5.41, 5.74) is 1.88. The van der Waals surface area contributed by atoms with Gasteiger partial charge in [0.1, 0.15) is 0 Å². The largest absolute Gasteiger partial charge is 0.353 e. The number of hydrogen-bond donors (Lipinski definition) is 0. The van der Waals surface area contributed by atoms with Crippen molar-refractivity contribution in [1.29, 1.82) is 0 Å². The van der Waals surface area contributed by atoms with Crippen molar-refractivity contribution in [1.82, 2.24) is 0 Å². The van der Waals surface area contributed by atoms with E-state index in [1.54, 1.807) is 0 Å². The van der Waals surface area contributed by atoms with Gasteiger partial charge in [-0.25, -0.2) is 0 Å². The van der Waals surface area contributed by atoms with Crippen molar-refractivity contribution < 1.29 is 14.3 Å². The molecule has 4 aliphatic carbocycles. The summed E-state index contributed by atoms with van der Waals surface area (Å²) in [6.07, 6.45) is 16.9. The van der Waals surface area contributed by atoms with Gasteiger partial charge in [0.05, 0.1) is 6.10 Å². The Bertz CT molecular complexity index is 605. The van der Waals surface area contributed by atoms with Gasteiger partial charge in [-0.2, -0.15) is 0 Å². The van der Waals surface area contributed by atoms with Crippen molar-refractivity contribution in [2.24, 2.45) is 29.1 Å². The summed E-state index contributed by atoms with van der Waals surface area (Å²) in [5, 5.41) is 0. The van der Waals surface area contributed by atoms with Crippen LogP contribution in [-0.2, 0) is 14.3 Å². The van der Waals surface area contributed by atoms with Gasteiger partial charge in [0, 0.05) is 13.0 Å². The molecule has 1 saturated heterocycles. The van der Waals surface area contributed by atoms with E-state index in [0.717, 1.165) is 43.6 Å². The smallest absolute Gasteiger partial charge is 0.157 e. The van der Waals surface area contributed by atoms with Crippen LogP contribution in [0.25, 0.3) is 0 Å². The maximum atomic E-state index is 11.9. The number of fused-ring (bicyclic) bond motifs is 5.